The van der Waals surface area contributed by atoms with Gasteiger partial charge in [-0.3, -0.25) is 4.55 Å². The minimum Gasteiger partial charge on any atom is -0.494 e. The summed E-state index contributed by atoms with van der Waals surface area (Å²) in [5.41, 5.74) is 0. The maximum atomic E-state index is 11.0. The fourth-order valence-corrected chi connectivity index (χ4v) is 4.38. The first kappa shape index (κ1) is 28.0. The van der Waals surface area contributed by atoms with Crippen LogP contribution in [0.1, 0.15) is 122 Å². The first-order chi connectivity index (χ1) is 15.0. The van der Waals surface area contributed by atoms with Gasteiger partial charge >= 0.3 is 0 Å². The third-order valence-electron chi connectivity index (χ3n) is 5.89. The van der Waals surface area contributed by atoms with Crippen molar-refractivity contribution in [1.29, 1.82) is 0 Å². The summed E-state index contributed by atoms with van der Waals surface area (Å²) >= 11 is 0. The van der Waals surface area contributed by atoms with Gasteiger partial charge in [0.05, 0.1) is 11.5 Å². The minimum absolute atomic E-state index is 0.104. The van der Waals surface area contributed by atoms with Gasteiger partial charge in [-0.15, -0.1) is 0 Å². The van der Waals surface area contributed by atoms with E-state index < -0.39 is 10.1 Å². The topological polar surface area (TPSA) is 63.6 Å². The predicted octanol–water partition coefficient (Wildman–Crippen LogP) is 8.35. The molecule has 0 aromatic heterocycles. The lowest BCUT2D eigenvalue weighted by molar-refractivity contribution is 0.304. The van der Waals surface area contributed by atoms with Gasteiger partial charge in [-0.25, -0.2) is 0 Å². The second-order valence-corrected chi connectivity index (χ2v) is 10.2. The summed E-state index contributed by atoms with van der Waals surface area (Å²) in [5, 5.41) is 0. The van der Waals surface area contributed by atoms with Crippen molar-refractivity contribution in [3.05, 3.63) is 24.3 Å². The van der Waals surface area contributed by atoms with Crippen molar-refractivity contribution in [3.63, 3.8) is 0 Å². The van der Waals surface area contributed by atoms with Crippen molar-refractivity contribution in [2.24, 2.45) is 0 Å². The zero-order valence-electron chi connectivity index (χ0n) is 19.8. The predicted molar refractivity (Wildman–Crippen MR) is 131 cm³/mol. The van der Waals surface area contributed by atoms with E-state index in [4.69, 9.17) is 9.29 Å². The number of hydrogen-bond donors (Lipinski definition) is 1. The zero-order chi connectivity index (χ0) is 22.6. The Morgan fingerprint density at radius 2 is 0.968 bits per heavy atom. The van der Waals surface area contributed by atoms with Gasteiger partial charge in [0.2, 0.25) is 0 Å². The average Bonchev–Trinajstić information content (AvgIpc) is 2.75. The van der Waals surface area contributed by atoms with Crippen LogP contribution in [0.5, 0.6) is 5.75 Å². The smallest absolute Gasteiger partial charge is 0.294 e. The first-order valence-electron chi connectivity index (χ1n) is 12.7. The Hall–Kier alpha value is -1.07. The molecule has 0 radical (unpaired) electrons. The maximum absolute atomic E-state index is 11.0. The molecule has 0 heterocycles. The number of hydrogen-bond acceptors (Lipinski definition) is 3. The van der Waals surface area contributed by atoms with Crippen molar-refractivity contribution in [2.75, 3.05) is 6.61 Å². The minimum atomic E-state index is -4.13. The molecule has 0 fully saturated rings. The highest BCUT2D eigenvalue weighted by Gasteiger charge is 2.08. The van der Waals surface area contributed by atoms with Gasteiger partial charge in [-0.1, -0.05) is 116 Å². The van der Waals surface area contributed by atoms with Crippen LogP contribution in [0.3, 0.4) is 0 Å². The second-order valence-electron chi connectivity index (χ2n) is 8.81. The van der Waals surface area contributed by atoms with Crippen molar-refractivity contribution in [1.82, 2.24) is 0 Å². The standard InChI is InChI=1S/C26H46O4S/c1-2-3-4-5-6-7-8-9-10-11-12-13-14-15-16-17-18-19-24-30-25-20-22-26(23-21-25)31(27,28)29/h20-23H,2-19,24H2,1H3,(H,27,28,29). The second kappa shape index (κ2) is 18.5. The van der Waals surface area contributed by atoms with E-state index in [-0.39, 0.29) is 4.90 Å². The molecule has 1 N–H and O–H groups in total. The average molecular weight is 455 g/mol. The molecule has 0 atom stereocenters. The quantitative estimate of drug-likeness (QED) is 0.150. The number of benzene rings is 1. The van der Waals surface area contributed by atoms with Crippen molar-refractivity contribution in [2.45, 2.75) is 127 Å². The molecule has 5 heteroatoms. The van der Waals surface area contributed by atoms with Crippen LogP contribution in [0.4, 0.5) is 0 Å². The molecule has 0 amide bonds. The molecule has 0 bridgehead atoms. The van der Waals surface area contributed by atoms with Gasteiger partial charge in [0, 0.05) is 0 Å². The lowest BCUT2D eigenvalue weighted by Crippen LogP contribution is -2.00. The highest BCUT2D eigenvalue weighted by molar-refractivity contribution is 7.85. The van der Waals surface area contributed by atoms with Crippen LogP contribution in [0.2, 0.25) is 0 Å². The normalized spacial score (nSPS) is 11.7. The number of rotatable bonds is 21. The molecule has 4 nitrogen and oxygen atoms in total. The molecule has 0 saturated carbocycles. The summed E-state index contributed by atoms with van der Waals surface area (Å²) in [5.74, 6) is 0.638. The van der Waals surface area contributed by atoms with E-state index in [2.05, 4.69) is 6.92 Å². The zero-order valence-corrected chi connectivity index (χ0v) is 20.6. The van der Waals surface area contributed by atoms with E-state index in [1.165, 1.54) is 121 Å². The van der Waals surface area contributed by atoms with Gasteiger partial charge < -0.3 is 4.74 Å². The van der Waals surface area contributed by atoms with Crippen LogP contribution in [0, 0.1) is 0 Å². The lowest BCUT2D eigenvalue weighted by atomic mass is 10.0. The summed E-state index contributed by atoms with van der Waals surface area (Å²) in [7, 11) is -4.13. The Morgan fingerprint density at radius 1 is 0.613 bits per heavy atom. The molecule has 0 aliphatic carbocycles. The molecule has 0 unspecified atom stereocenters. The molecule has 0 aliphatic heterocycles. The highest BCUT2D eigenvalue weighted by atomic mass is 32.2. The Morgan fingerprint density at radius 3 is 1.32 bits per heavy atom. The summed E-state index contributed by atoms with van der Waals surface area (Å²) in [6.07, 6.45) is 24.5. The fraction of sp³-hybridized carbons (Fsp3) is 0.769. The lowest BCUT2D eigenvalue weighted by Gasteiger charge is -2.07. The summed E-state index contributed by atoms with van der Waals surface area (Å²) in [4.78, 5) is -0.104. The van der Waals surface area contributed by atoms with Crippen LogP contribution < -0.4 is 4.74 Å². The molecule has 31 heavy (non-hydrogen) atoms. The molecule has 180 valence electrons. The Balaban J connectivity index is 1.80. The van der Waals surface area contributed by atoms with E-state index in [9.17, 15) is 8.42 Å². The molecule has 1 aromatic carbocycles. The first-order valence-corrected chi connectivity index (χ1v) is 14.2. The number of unbranched alkanes of at least 4 members (excludes halogenated alkanes) is 17. The van der Waals surface area contributed by atoms with Crippen LogP contribution >= 0.6 is 0 Å². The maximum Gasteiger partial charge on any atom is 0.294 e. The fourth-order valence-electron chi connectivity index (χ4n) is 3.90. The largest absolute Gasteiger partial charge is 0.494 e. The Bertz CT molecular complexity index is 625. The van der Waals surface area contributed by atoms with Crippen LogP contribution in [-0.4, -0.2) is 19.6 Å². The van der Waals surface area contributed by atoms with E-state index in [0.29, 0.717) is 12.4 Å². The SMILES string of the molecule is CCCCCCCCCCCCCCCCCCCCOc1ccc(S(=O)(=O)O)cc1. The van der Waals surface area contributed by atoms with Crippen molar-refractivity contribution >= 4 is 10.1 Å². The van der Waals surface area contributed by atoms with Crippen LogP contribution in [-0.2, 0) is 10.1 Å². The highest BCUT2D eigenvalue weighted by Crippen LogP contribution is 2.17. The van der Waals surface area contributed by atoms with Gasteiger partial charge in [0.15, 0.2) is 0 Å². The Kier molecular flexibility index (Phi) is 16.7. The van der Waals surface area contributed by atoms with E-state index >= 15 is 0 Å². The third kappa shape index (κ3) is 16.3. The van der Waals surface area contributed by atoms with Gasteiger partial charge in [0.1, 0.15) is 5.75 Å². The molecular weight excluding hydrogens is 408 g/mol. The summed E-state index contributed by atoms with van der Waals surface area (Å²) in [6, 6.07) is 5.88. The third-order valence-corrected chi connectivity index (χ3v) is 6.76. The van der Waals surface area contributed by atoms with E-state index in [1.807, 2.05) is 0 Å². The summed E-state index contributed by atoms with van der Waals surface area (Å²) in [6.45, 7) is 2.92. The number of ether oxygens (including phenoxy) is 1. The molecule has 0 aliphatic rings. The van der Waals surface area contributed by atoms with Crippen LogP contribution in [0.15, 0.2) is 29.2 Å². The van der Waals surface area contributed by atoms with Gasteiger partial charge in [-0.05, 0) is 30.7 Å². The van der Waals surface area contributed by atoms with E-state index in [1.54, 1.807) is 12.1 Å². The van der Waals surface area contributed by atoms with Gasteiger partial charge in [0.25, 0.3) is 10.1 Å². The monoisotopic (exact) mass is 454 g/mol. The molecule has 0 spiro atoms. The molecule has 1 aromatic rings. The van der Waals surface area contributed by atoms with E-state index in [0.717, 1.165) is 6.42 Å². The van der Waals surface area contributed by atoms with Gasteiger partial charge in [-0.2, -0.15) is 8.42 Å². The summed E-state index contributed by atoms with van der Waals surface area (Å²) < 4.78 is 36.6. The van der Waals surface area contributed by atoms with Crippen LogP contribution in [0.25, 0.3) is 0 Å². The molecule has 0 saturated heterocycles. The van der Waals surface area contributed by atoms with Crippen molar-refractivity contribution < 1.29 is 17.7 Å². The molecular formula is C26H46O4S. The molecule has 1 rings (SSSR count). The van der Waals surface area contributed by atoms with Crippen molar-refractivity contribution in [3.8, 4) is 5.75 Å². The Labute approximate surface area is 191 Å².